The third kappa shape index (κ3) is 2.86. The van der Waals surface area contributed by atoms with E-state index in [0.717, 1.165) is 19.1 Å². The van der Waals surface area contributed by atoms with Crippen LogP contribution in [0, 0.1) is 5.92 Å². The predicted octanol–water partition coefficient (Wildman–Crippen LogP) is 1.62. The Morgan fingerprint density at radius 3 is 2.83 bits per heavy atom. The molecule has 2 amide bonds. The lowest BCUT2D eigenvalue weighted by atomic mass is 10.1. The summed E-state index contributed by atoms with van der Waals surface area (Å²) in [6.45, 7) is 5.88. The molecule has 1 aromatic carbocycles. The summed E-state index contributed by atoms with van der Waals surface area (Å²) in [4.78, 5) is 26.8. The average Bonchev–Trinajstić information content (AvgIpc) is 3.33. The molecule has 1 aromatic rings. The molecule has 128 valence electrons. The van der Waals surface area contributed by atoms with Gasteiger partial charge in [-0.2, -0.15) is 0 Å². The van der Waals surface area contributed by atoms with Crippen LogP contribution in [0.2, 0.25) is 0 Å². The Morgan fingerprint density at radius 1 is 1.29 bits per heavy atom. The number of likely N-dealkylation sites (tertiary alicyclic amines) is 1. The summed E-state index contributed by atoms with van der Waals surface area (Å²) in [5, 5.41) is 5.94. The Labute approximate surface area is 141 Å². The van der Waals surface area contributed by atoms with Gasteiger partial charge in [0.1, 0.15) is 5.75 Å². The van der Waals surface area contributed by atoms with E-state index in [2.05, 4.69) is 22.5 Å². The van der Waals surface area contributed by atoms with Crippen molar-refractivity contribution in [3.8, 4) is 5.75 Å². The van der Waals surface area contributed by atoms with Gasteiger partial charge in [-0.1, -0.05) is 6.92 Å². The Bertz CT molecular complexity index is 686. The fourth-order valence-electron chi connectivity index (χ4n) is 3.53. The fourth-order valence-corrected chi connectivity index (χ4v) is 3.53. The second kappa shape index (κ2) is 5.77. The molecule has 2 heterocycles. The van der Waals surface area contributed by atoms with Gasteiger partial charge in [-0.3, -0.25) is 14.5 Å². The van der Waals surface area contributed by atoms with E-state index in [1.165, 1.54) is 12.8 Å². The largest absolute Gasteiger partial charge is 0.479 e. The first kappa shape index (κ1) is 15.4. The van der Waals surface area contributed by atoms with E-state index in [9.17, 15) is 9.59 Å². The van der Waals surface area contributed by atoms with Crippen LogP contribution in [-0.4, -0.2) is 48.0 Å². The Hall–Kier alpha value is -2.08. The molecule has 2 N–H and O–H groups in total. The third-order valence-corrected chi connectivity index (χ3v) is 5.19. The van der Waals surface area contributed by atoms with Gasteiger partial charge in [0.25, 0.3) is 11.8 Å². The number of carbonyl (C=O) groups is 2. The Morgan fingerprint density at radius 2 is 2.08 bits per heavy atom. The van der Waals surface area contributed by atoms with Crippen LogP contribution >= 0.6 is 0 Å². The van der Waals surface area contributed by atoms with Crippen LogP contribution in [0.15, 0.2) is 18.2 Å². The van der Waals surface area contributed by atoms with Crippen LogP contribution in [0.4, 0.5) is 5.69 Å². The van der Waals surface area contributed by atoms with Gasteiger partial charge >= 0.3 is 0 Å². The first-order valence-electron chi connectivity index (χ1n) is 8.68. The Kier molecular flexibility index (Phi) is 3.72. The topological polar surface area (TPSA) is 70.7 Å². The summed E-state index contributed by atoms with van der Waals surface area (Å²) >= 11 is 0. The summed E-state index contributed by atoms with van der Waals surface area (Å²) in [5.74, 6) is 0.772. The number of nitrogens with one attached hydrogen (secondary N) is 2. The van der Waals surface area contributed by atoms with Gasteiger partial charge in [-0.25, -0.2) is 0 Å². The van der Waals surface area contributed by atoms with E-state index in [1.807, 2.05) is 0 Å². The second-order valence-electron chi connectivity index (χ2n) is 7.20. The average molecular weight is 329 g/mol. The monoisotopic (exact) mass is 329 g/mol. The summed E-state index contributed by atoms with van der Waals surface area (Å²) in [6, 6.07) is 6.09. The van der Waals surface area contributed by atoms with Gasteiger partial charge in [0.15, 0.2) is 6.10 Å². The van der Waals surface area contributed by atoms with Crippen molar-refractivity contribution in [2.24, 2.45) is 5.92 Å². The molecule has 6 nitrogen and oxygen atoms in total. The molecular formula is C18H23N3O3. The SMILES string of the molecule is CC1Oc2ccc(C(=O)NC3CN(C4CC4)CC3C)cc2NC1=O. The first-order chi connectivity index (χ1) is 11.5. The maximum Gasteiger partial charge on any atom is 0.265 e. The molecule has 2 fully saturated rings. The molecule has 0 aromatic heterocycles. The zero-order chi connectivity index (χ0) is 16.8. The summed E-state index contributed by atoms with van der Waals surface area (Å²) in [5.41, 5.74) is 1.11. The van der Waals surface area contributed by atoms with Crippen molar-refractivity contribution in [1.82, 2.24) is 10.2 Å². The van der Waals surface area contributed by atoms with Crippen molar-refractivity contribution in [3.63, 3.8) is 0 Å². The van der Waals surface area contributed by atoms with Crippen molar-refractivity contribution in [2.75, 3.05) is 18.4 Å². The van der Waals surface area contributed by atoms with Crippen molar-refractivity contribution in [3.05, 3.63) is 23.8 Å². The van der Waals surface area contributed by atoms with Crippen LogP contribution in [0.3, 0.4) is 0 Å². The normalized spacial score (nSPS) is 29.6. The number of anilines is 1. The maximum atomic E-state index is 12.6. The number of rotatable bonds is 3. The molecule has 0 bridgehead atoms. The van der Waals surface area contributed by atoms with E-state index in [1.54, 1.807) is 25.1 Å². The molecule has 0 radical (unpaired) electrons. The number of amides is 2. The number of hydrogen-bond acceptors (Lipinski definition) is 4. The van der Waals surface area contributed by atoms with Crippen molar-refractivity contribution >= 4 is 17.5 Å². The van der Waals surface area contributed by atoms with E-state index in [0.29, 0.717) is 22.9 Å². The van der Waals surface area contributed by atoms with Gasteiger partial charge < -0.3 is 15.4 Å². The third-order valence-electron chi connectivity index (χ3n) is 5.19. The molecule has 0 spiro atoms. The summed E-state index contributed by atoms with van der Waals surface area (Å²) in [7, 11) is 0. The van der Waals surface area contributed by atoms with E-state index in [4.69, 9.17) is 4.74 Å². The minimum atomic E-state index is -0.509. The molecule has 6 heteroatoms. The molecule has 24 heavy (non-hydrogen) atoms. The summed E-state index contributed by atoms with van der Waals surface area (Å²) in [6.07, 6.45) is 2.07. The minimum absolute atomic E-state index is 0.0971. The van der Waals surface area contributed by atoms with Gasteiger partial charge in [-0.05, 0) is 43.9 Å². The maximum absolute atomic E-state index is 12.6. The fraction of sp³-hybridized carbons (Fsp3) is 0.556. The number of benzene rings is 1. The zero-order valence-corrected chi connectivity index (χ0v) is 14.0. The molecule has 1 saturated heterocycles. The van der Waals surface area contributed by atoms with Crippen LogP contribution < -0.4 is 15.4 Å². The molecule has 3 aliphatic rings. The summed E-state index contributed by atoms with van der Waals surface area (Å²) < 4.78 is 5.53. The quantitative estimate of drug-likeness (QED) is 0.884. The highest BCUT2D eigenvalue weighted by molar-refractivity contribution is 6.01. The van der Waals surface area contributed by atoms with E-state index in [-0.39, 0.29) is 17.9 Å². The van der Waals surface area contributed by atoms with Crippen LogP contribution in [-0.2, 0) is 4.79 Å². The molecule has 2 aliphatic heterocycles. The smallest absolute Gasteiger partial charge is 0.265 e. The molecule has 1 saturated carbocycles. The molecular weight excluding hydrogens is 306 g/mol. The number of carbonyl (C=O) groups excluding carboxylic acids is 2. The van der Waals surface area contributed by atoms with Gasteiger partial charge in [0.05, 0.1) is 5.69 Å². The number of hydrogen-bond donors (Lipinski definition) is 2. The highest BCUT2D eigenvalue weighted by Gasteiger charge is 2.38. The van der Waals surface area contributed by atoms with Crippen LogP contribution in [0.1, 0.15) is 37.0 Å². The van der Waals surface area contributed by atoms with Crippen molar-refractivity contribution in [2.45, 2.75) is 44.9 Å². The van der Waals surface area contributed by atoms with Crippen molar-refractivity contribution in [1.29, 1.82) is 0 Å². The molecule has 3 atom stereocenters. The minimum Gasteiger partial charge on any atom is -0.479 e. The standard InChI is InChI=1S/C18H23N3O3/c1-10-8-21(13-4-5-13)9-15(10)20-18(23)12-3-6-16-14(7-12)19-17(22)11(2)24-16/h3,6-7,10-11,13,15H,4-5,8-9H2,1-2H3,(H,19,22)(H,20,23). The van der Waals surface area contributed by atoms with E-state index >= 15 is 0 Å². The Balaban J connectivity index is 1.45. The number of fused-ring (bicyclic) bond motifs is 1. The van der Waals surface area contributed by atoms with Crippen molar-refractivity contribution < 1.29 is 14.3 Å². The predicted molar refractivity (Wildman–Crippen MR) is 90.2 cm³/mol. The molecule has 1 aliphatic carbocycles. The van der Waals surface area contributed by atoms with Crippen LogP contribution in [0.25, 0.3) is 0 Å². The lowest BCUT2D eigenvalue weighted by Gasteiger charge is -2.24. The first-order valence-corrected chi connectivity index (χ1v) is 8.68. The zero-order valence-electron chi connectivity index (χ0n) is 14.0. The van der Waals surface area contributed by atoms with Crippen LogP contribution in [0.5, 0.6) is 5.75 Å². The molecule has 4 rings (SSSR count). The van der Waals surface area contributed by atoms with Gasteiger partial charge in [0, 0.05) is 30.7 Å². The highest BCUT2D eigenvalue weighted by Crippen LogP contribution is 2.32. The lowest BCUT2D eigenvalue weighted by Crippen LogP contribution is -2.40. The van der Waals surface area contributed by atoms with Gasteiger partial charge in [0.2, 0.25) is 0 Å². The lowest BCUT2D eigenvalue weighted by molar-refractivity contribution is -0.122. The van der Waals surface area contributed by atoms with Gasteiger partial charge in [-0.15, -0.1) is 0 Å². The molecule has 3 unspecified atom stereocenters. The number of ether oxygens (including phenoxy) is 1. The van der Waals surface area contributed by atoms with E-state index < -0.39 is 6.10 Å². The highest BCUT2D eigenvalue weighted by atomic mass is 16.5. The second-order valence-corrected chi connectivity index (χ2v) is 7.20. The number of nitrogens with zero attached hydrogens (tertiary/aromatic N) is 1.